The zero-order valence-corrected chi connectivity index (χ0v) is 8.03. The van der Waals surface area contributed by atoms with Gasteiger partial charge in [0.15, 0.2) is 11.6 Å². The van der Waals surface area contributed by atoms with Crippen molar-refractivity contribution in [3.8, 4) is 0 Å². The van der Waals surface area contributed by atoms with Gasteiger partial charge in [0.25, 0.3) is 0 Å². The Bertz CT molecular complexity index is 247. The van der Waals surface area contributed by atoms with Crippen molar-refractivity contribution in [2.24, 2.45) is 5.92 Å². The molecule has 1 saturated carbocycles. The lowest BCUT2D eigenvalue weighted by Gasteiger charge is -2.27. The van der Waals surface area contributed by atoms with Crippen LogP contribution >= 0.6 is 0 Å². The molecular formula is C10H14O4. The van der Waals surface area contributed by atoms with Gasteiger partial charge in [-0.15, -0.1) is 0 Å². The first kappa shape index (κ1) is 8.83. The highest BCUT2D eigenvalue weighted by Gasteiger charge is 2.54. The number of hydrogen-bond donors (Lipinski definition) is 0. The second kappa shape index (κ2) is 3.02. The molecule has 1 spiro atoms. The molecule has 1 aliphatic carbocycles. The average molecular weight is 198 g/mol. The lowest BCUT2D eigenvalue weighted by molar-refractivity contribution is -0.186. The van der Waals surface area contributed by atoms with Crippen LogP contribution in [0.2, 0.25) is 0 Å². The monoisotopic (exact) mass is 198 g/mol. The Morgan fingerprint density at radius 1 is 1.29 bits per heavy atom. The summed E-state index contributed by atoms with van der Waals surface area (Å²) in [6.45, 7) is 1.83. The first-order chi connectivity index (χ1) is 6.82. The molecule has 2 heterocycles. The zero-order chi connectivity index (χ0) is 9.60. The molecule has 78 valence electrons. The van der Waals surface area contributed by atoms with Crippen molar-refractivity contribution in [2.45, 2.75) is 31.2 Å². The summed E-state index contributed by atoms with van der Waals surface area (Å²) in [6, 6.07) is 0. The maximum atomic E-state index is 11.9. The number of rotatable bonds is 2. The summed E-state index contributed by atoms with van der Waals surface area (Å²) in [4.78, 5) is 11.9. The molecule has 14 heavy (non-hydrogen) atoms. The molecule has 0 N–H and O–H groups in total. The Morgan fingerprint density at radius 3 is 2.64 bits per heavy atom. The minimum atomic E-state index is -0.580. The summed E-state index contributed by atoms with van der Waals surface area (Å²) in [5.74, 6) is -0.481. The predicted molar refractivity (Wildman–Crippen MR) is 46.7 cm³/mol. The first-order valence-electron chi connectivity index (χ1n) is 5.25. The van der Waals surface area contributed by atoms with Gasteiger partial charge in [-0.1, -0.05) is 0 Å². The number of ketones is 1. The van der Waals surface area contributed by atoms with E-state index < -0.39 is 5.79 Å². The van der Waals surface area contributed by atoms with Gasteiger partial charge in [0.1, 0.15) is 6.10 Å². The zero-order valence-electron chi connectivity index (χ0n) is 8.03. The smallest absolute Gasteiger partial charge is 0.178 e. The topological polar surface area (TPSA) is 48.1 Å². The summed E-state index contributed by atoms with van der Waals surface area (Å²) >= 11 is 0. The van der Waals surface area contributed by atoms with E-state index in [9.17, 15) is 4.79 Å². The first-order valence-corrected chi connectivity index (χ1v) is 5.25. The normalized spacial score (nSPS) is 39.1. The van der Waals surface area contributed by atoms with Crippen LogP contribution in [0.3, 0.4) is 0 Å². The maximum Gasteiger partial charge on any atom is 0.178 e. The number of ether oxygens (including phenoxy) is 3. The van der Waals surface area contributed by atoms with E-state index in [2.05, 4.69) is 0 Å². The van der Waals surface area contributed by atoms with Gasteiger partial charge in [-0.05, 0) is 12.8 Å². The quantitative estimate of drug-likeness (QED) is 0.606. The third-order valence-electron chi connectivity index (χ3n) is 3.32. The number of epoxide rings is 1. The summed E-state index contributed by atoms with van der Waals surface area (Å²) in [7, 11) is 0. The van der Waals surface area contributed by atoms with Crippen molar-refractivity contribution in [3.63, 3.8) is 0 Å². The molecule has 0 bridgehead atoms. The number of carbonyl (C=O) groups is 1. The standard InChI is InChI=1S/C10H14O4/c11-9(8-6-12-8)7-2-1-3-10(7)13-4-5-14-10/h7-8H,1-6H2. The third kappa shape index (κ3) is 1.21. The van der Waals surface area contributed by atoms with Crippen LogP contribution in [0.1, 0.15) is 19.3 Å². The van der Waals surface area contributed by atoms with E-state index in [0.29, 0.717) is 19.8 Å². The van der Waals surface area contributed by atoms with Crippen LogP contribution in [0.25, 0.3) is 0 Å². The Morgan fingerprint density at radius 2 is 2.00 bits per heavy atom. The van der Waals surface area contributed by atoms with Crippen LogP contribution in [0.4, 0.5) is 0 Å². The molecule has 2 aliphatic heterocycles. The molecule has 0 amide bonds. The average Bonchev–Trinajstić information content (AvgIpc) is 2.82. The number of carbonyl (C=O) groups excluding carboxylic acids is 1. The minimum Gasteiger partial charge on any atom is -0.365 e. The Hall–Kier alpha value is -0.450. The summed E-state index contributed by atoms with van der Waals surface area (Å²) in [6.07, 6.45) is 2.60. The van der Waals surface area contributed by atoms with Gasteiger partial charge in [0.2, 0.25) is 0 Å². The molecule has 2 unspecified atom stereocenters. The molecule has 3 aliphatic rings. The SMILES string of the molecule is O=C(C1CO1)C1CCCC12OCCO2. The molecule has 0 aromatic rings. The molecule has 4 heteroatoms. The van der Waals surface area contributed by atoms with Crippen molar-refractivity contribution in [1.82, 2.24) is 0 Å². The lowest BCUT2D eigenvalue weighted by atomic mass is 9.95. The van der Waals surface area contributed by atoms with E-state index in [0.717, 1.165) is 19.3 Å². The van der Waals surface area contributed by atoms with Gasteiger partial charge in [0.05, 0.1) is 25.7 Å². The van der Waals surface area contributed by atoms with Gasteiger partial charge in [-0.2, -0.15) is 0 Å². The lowest BCUT2D eigenvalue weighted by Crippen LogP contribution is -2.40. The second-order valence-corrected chi connectivity index (χ2v) is 4.18. The predicted octanol–water partition coefficient (Wildman–Crippen LogP) is 0.497. The fraction of sp³-hybridized carbons (Fsp3) is 0.900. The molecule has 3 fully saturated rings. The van der Waals surface area contributed by atoms with Crippen LogP contribution in [-0.4, -0.2) is 37.5 Å². The van der Waals surface area contributed by atoms with E-state index in [1.807, 2.05) is 0 Å². The highest BCUT2D eigenvalue weighted by Crippen LogP contribution is 2.44. The van der Waals surface area contributed by atoms with Gasteiger partial charge >= 0.3 is 0 Å². The summed E-state index contributed by atoms with van der Waals surface area (Å²) < 4.78 is 16.3. The maximum absolute atomic E-state index is 11.9. The largest absolute Gasteiger partial charge is 0.365 e. The van der Waals surface area contributed by atoms with Crippen molar-refractivity contribution in [3.05, 3.63) is 0 Å². The summed E-state index contributed by atoms with van der Waals surface area (Å²) in [5.41, 5.74) is 0. The van der Waals surface area contributed by atoms with E-state index in [1.54, 1.807) is 0 Å². The Kier molecular flexibility index (Phi) is 1.90. The van der Waals surface area contributed by atoms with Crippen molar-refractivity contribution in [2.75, 3.05) is 19.8 Å². The molecule has 2 atom stereocenters. The van der Waals surface area contributed by atoms with Crippen LogP contribution in [0, 0.1) is 5.92 Å². The van der Waals surface area contributed by atoms with Crippen LogP contribution in [-0.2, 0) is 19.0 Å². The van der Waals surface area contributed by atoms with Crippen LogP contribution in [0.5, 0.6) is 0 Å². The Balaban J connectivity index is 1.79. The van der Waals surface area contributed by atoms with Crippen molar-refractivity contribution < 1.29 is 19.0 Å². The van der Waals surface area contributed by atoms with Crippen LogP contribution in [0.15, 0.2) is 0 Å². The van der Waals surface area contributed by atoms with Gasteiger partial charge in [0, 0.05) is 6.42 Å². The van der Waals surface area contributed by atoms with E-state index >= 15 is 0 Å². The molecule has 4 nitrogen and oxygen atoms in total. The van der Waals surface area contributed by atoms with Gasteiger partial charge in [-0.25, -0.2) is 0 Å². The molecular weight excluding hydrogens is 184 g/mol. The van der Waals surface area contributed by atoms with E-state index in [4.69, 9.17) is 14.2 Å². The number of Topliss-reactive ketones (excluding diaryl/α,β-unsaturated/α-hetero) is 1. The second-order valence-electron chi connectivity index (χ2n) is 4.18. The number of hydrogen-bond acceptors (Lipinski definition) is 4. The minimum absolute atomic E-state index is 0.0856. The molecule has 2 saturated heterocycles. The third-order valence-corrected chi connectivity index (χ3v) is 3.32. The molecule has 0 aromatic heterocycles. The fourth-order valence-electron chi connectivity index (χ4n) is 2.56. The van der Waals surface area contributed by atoms with Gasteiger partial charge < -0.3 is 14.2 Å². The summed E-state index contributed by atoms with van der Waals surface area (Å²) in [5, 5.41) is 0. The molecule has 3 rings (SSSR count). The highest BCUT2D eigenvalue weighted by atomic mass is 16.7. The fourth-order valence-corrected chi connectivity index (χ4v) is 2.56. The van der Waals surface area contributed by atoms with E-state index in [-0.39, 0.29) is 17.8 Å². The van der Waals surface area contributed by atoms with Crippen molar-refractivity contribution in [1.29, 1.82) is 0 Å². The van der Waals surface area contributed by atoms with Gasteiger partial charge in [-0.3, -0.25) is 4.79 Å². The van der Waals surface area contributed by atoms with Crippen LogP contribution < -0.4 is 0 Å². The van der Waals surface area contributed by atoms with Crippen molar-refractivity contribution >= 4 is 5.78 Å². The highest BCUT2D eigenvalue weighted by molar-refractivity contribution is 5.88. The van der Waals surface area contributed by atoms with E-state index in [1.165, 1.54) is 0 Å². The molecule has 0 aromatic carbocycles. The molecule has 0 radical (unpaired) electrons. The Labute approximate surface area is 82.5 Å².